The highest BCUT2D eigenvalue weighted by molar-refractivity contribution is 6.39. The maximum atomic E-state index is 12.0. The van der Waals surface area contributed by atoms with Crippen LogP contribution < -0.4 is 15.5 Å². The number of nitrogens with one attached hydrogen (secondary N) is 2. The summed E-state index contributed by atoms with van der Waals surface area (Å²) in [7, 11) is 0. The Morgan fingerprint density at radius 3 is 2.75 bits per heavy atom. The molecule has 0 bridgehead atoms. The molecule has 122 valence electrons. The Bertz CT molecular complexity index is 776. The maximum absolute atomic E-state index is 12.0. The molecule has 0 saturated heterocycles. The van der Waals surface area contributed by atoms with Gasteiger partial charge in [-0.05, 0) is 23.8 Å². The van der Waals surface area contributed by atoms with Crippen LogP contribution in [0.2, 0.25) is 0 Å². The van der Waals surface area contributed by atoms with Crippen LogP contribution in [0.3, 0.4) is 0 Å². The van der Waals surface area contributed by atoms with Gasteiger partial charge in [-0.2, -0.15) is 0 Å². The molecule has 2 aromatic rings. The van der Waals surface area contributed by atoms with Gasteiger partial charge in [-0.15, -0.1) is 0 Å². The first-order valence-electron chi connectivity index (χ1n) is 7.52. The lowest BCUT2D eigenvalue weighted by molar-refractivity contribution is -0.136. The normalized spacial score (nSPS) is 12.7. The predicted molar refractivity (Wildman–Crippen MR) is 88.4 cm³/mol. The van der Waals surface area contributed by atoms with Crippen LogP contribution in [0.25, 0.3) is 0 Å². The molecule has 0 fully saturated rings. The highest BCUT2D eigenvalue weighted by Crippen LogP contribution is 2.27. The van der Waals surface area contributed by atoms with E-state index in [1.807, 2.05) is 24.3 Å². The Morgan fingerprint density at radius 2 is 1.96 bits per heavy atom. The third kappa shape index (κ3) is 3.40. The van der Waals surface area contributed by atoms with Crippen LogP contribution in [0, 0.1) is 0 Å². The lowest BCUT2D eigenvalue weighted by Crippen LogP contribution is -2.41. The molecular weight excluding hydrogens is 308 g/mol. The quantitative estimate of drug-likeness (QED) is 0.811. The summed E-state index contributed by atoms with van der Waals surface area (Å²) in [5, 5.41) is 4.97. The largest absolute Gasteiger partial charge is 0.346 e. The molecule has 7 heteroatoms. The van der Waals surface area contributed by atoms with E-state index >= 15 is 0 Å². The summed E-state index contributed by atoms with van der Waals surface area (Å²) in [4.78, 5) is 41.1. The van der Waals surface area contributed by atoms with E-state index in [0.29, 0.717) is 18.7 Å². The molecule has 0 spiro atoms. The van der Waals surface area contributed by atoms with Gasteiger partial charge in [-0.25, -0.2) is 0 Å². The fraction of sp³-hybridized carbons (Fsp3) is 0.176. The molecule has 0 atom stereocenters. The summed E-state index contributed by atoms with van der Waals surface area (Å²) in [5.41, 5.74) is 2.28. The number of amides is 3. The van der Waals surface area contributed by atoms with Crippen molar-refractivity contribution in [2.45, 2.75) is 6.42 Å². The molecule has 0 aliphatic carbocycles. The topological polar surface area (TPSA) is 91.4 Å². The number of para-hydroxylation sites is 1. The number of nitrogens with zero attached hydrogens (tertiary/aromatic N) is 2. The van der Waals surface area contributed by atoms with Crippen LogP contribution in [-0.4, -0.2) is 35.8 Å². The van der Waals surface area contributed by atoms with E-state index in [9.17, 15) is 14.4 Å². The fourth-order valence-electron chi connectivity index (χ4n) is 2.55. The van der Waals surface area contributed by atoms with Crippen molar-refractivity contribution in [3.8, 4) is 0 Å². The molecule has 0 radical (unpaired) electrons. The number of rotatable bonds is 4. The van der Waals surface area contributed by atoms with Crippen LogP contribution in [0.4, 0.5) is 11.4 Å². The smallest absolute Gasteiger partial charge is 0.313 e. The van der Waals surface area contributed by atoms with Crippen LogP contribution >= 0.6 is 0 Å². The third-order valence-electron chi connectivity index (χ3n) is 3.67. The molecule has 2 heterocycles. The second kappa shape index (κ2) is 6.91. The number of pyridine rings is 1. The van der Waals surface area contributed by atoms with E-state index in [-0.39, 0.29) is 12.5 Å². The number of hydrogen-bond donors (Lipinski definition) is 2. The Hall–Kier alpha value is -3.22. The first-order chi connectivity index (χ1) is 11.6. The number of anilines is 2. The molecular formula is C17H16N4O3. The zero-order valence-electron chi connectivity index (χ0n) is 12.9. The van der Waals surface area contributed by atoms with Gasteiger partial charge in [-0.3, -0.25) is 19.4 Å². The van der Waals surface area contributed by atoms with Gasteiger partial charge < -0.3 is 15.5 Å². The van der Waals surface area contributed by atoms with Gasteiger partial charge in [0.1, 0.15) is 0 Å². The van der Waals surface area contributed by atoms with Crippen molar-refractivity contribution in [1.82, 2.24) is 10.3 Å². The van der Waals surface area contributed by atoms with E-state index in [0.717, 1.165) is 11.3 Å². The molecule has 1 aliphatic rings. The summed E-state index contributed by atoms with van der Waals surface area (Å²) in [6.45, 7) is 0.515. The molecule has 1 aromatic heterocycles. The number of aromatic nitrogens is 1. The van der Waals surface area contributed by atoms with Gasteiger partial charge in [0.2, 0.25) is 5.91 Å². The van der Waals surface area contributed by atoms with Crippen LogP contribution in [0.15, 0.2) is 48.8 Å². The van der Waals surface area contributed by atoms with Crippen LogP contribution in [0.1, 0.15) is 5.56 Å². The number of fused-ring (bicyclic) bond motifs is 1. The molecule has 3 rings (SSSR count). The molecule has 7 nitrogen and oxygen atoms in total. The number of hydrogen-bond acceptors (Lipinski definition) is 4. The summed E-state index contributed by atoms with van der Waals surface area (Å²) in [6, 6.07) is 10.8. The van der Waals surface area contributed by atoms with E-state index in [4.69, 9.17) is 0 Å². The third-order valence-corrected chi connectivity index (χ3v) is 3.67. The average Bonchev–Trinajstić information content (AvgIpc) is 2.91. The number of carbonyl (C=O) groups is 3. The maximum Gasteiger partial charge on any atom is 0.313 e. The van der Waals surface area contributed by atoms with Crippen molar-refractivity contribution < 1.29 is 14.4 Å². The standard InChI is InChI=1S/C17H16N4O3/c22-15-10-12-4-1-2-6-14(12)21(15)9-8-19-16(23)17(24)20-13-5-3-7-18-11-13/h1-7,11H,8-10H2,(H,19,23)(H,20,24). The predicted octanol–water partition coefficient (Wildman–Crippen LogP) is 0.726. The van der Waals surface area contributed by atoms with E-state index in [2.05, 4.69) is 15.6 Å². The van der Waals surface area contributed by atoms with Gasteiger partial charge in [0.05, 0.1) is 18.3 Å². The molecule has 1 aliphatic heterocycles. The second-order valence-corrected chi connectivity index (χ2v) is 5.30. The van der Waals surface area contributed by atoms with Crippen molar-refractivity contribution in [1.29, 1.82) is 0 Å². The summed E-state index contributed by atoms with van der Waals surface area (Å²) in [6.07, 6.45) is 3.39. The molecule has 2 N–H and O–H groups in total. The van der Waals surface area contributed by atoms with Crippen LogP contribution in [-0.2, 0) is 20.8 Å². The SMILES string of the molecule is O=C(NCCN1C(=O)Cc2ccccc21)C(=O)Nc1cccnc1. The van der Waals surface area contributed by atoms with Crippen molar-refractivity contribution >= 4 is 29.1 Å². The molecule has 24 heavy (non-hydrogen) atoms. The highest BCUT2D eigenvalue weighted by Gasteiger charge is 2.26. The molecule has 1 aromatic carbocycles. The van der Waals surface area contributed by atoms with Crippen molar-refractivity contribution in [3.05, 3.63) is 54.4 Å². The van der Waals surface area contributed by atoms with Gasteiger partial charge in [-0.1, -0.05) is 18.2 Å². The highest BCUT2D eigenvalue weighted by atomic mass is 16.2. The monoisotopic (exact) mass is 324 g/mol. The van der Waals surface area contributed by atoms with Gasteiger partial charge in [0, 0.05) is 25.0 Å². The van der Waals surface area contributed by atoms with Crippen molar-refractivity contribution in [3.63, 3.8) is 0 Å². The summed E-state index contributed by atoms with van der Waals surface area (Å²) < 4.78 is 0. The molecule has 3 amide bonds. The first-order valence-corrected chi connectivity index (χ1v) is 7.52. The van der Waals surface area contributed by atoms with Gasteiger partial charge in [0.25, 0.3) is 0 Å². The lowest BCUT2D eigenvalue weighted by atomic mass is 10.2. The minimum absolute atomic E-state index is 0.00902. The molecule has 0 unspecified atom stereocenters. The minimum atomic E-state index is -0.767. The van der Waals surface area contributed by atoms with Crippen molar-refractivity contribution in [2.24, 2.45) is 0 Å². The first kappa shape index (κ1) is 15.7. The Morgan fingerprint density at radius 1 is 1.12 bits per heavy atom. The summed E-state index contributed by atoms with van der Waals surface area (Å²) >= 11 is 0. The van der Waals surface area contributed by atoms with E-state index in [1.54, 1.807) is 23.2 Å². The fourth-order valence-corrected chi connectivity index (χ4v) is 2.55. The number of carbonyl (C=O) groups excluding carboxylic acids is 3. The van der Waals surface area contributed by atoms with Crippen LogP contribution in [0.5, 0.6) is 0 Å². The Labute approximate surface area is 138 Å². The zero-order chi connectivity index (χ0) is 16.9. The van der Waals surface area contributed by atoms with Gasteiger partial charge in [0.15, 0.2) is 0 Å². The van der Waals surface area contributed by atoms with Gasteiger partial charge >= 0.3 is 11.8 Å². The van der Waals surface area contributed by atoms with Crippen molar-refractivity contribution in [2.75, 3.05) is 23.3 Å². The second-order valence-electron chi connectivity index (χ2n) is 5.30. The van der Waals surface area contributed by atoms with E-state index in [1.165, 1.54) is 6.20 Å². The lowest BCUT2D eigenvalue weighted by Gasteiger charge is -2.17. The molecule has 0 saturated carbocycles. The summed E-state index contributed by atoms with van der Waals surface area (Å²) in [5.74, 6) is -1.53. The zero-order valence-corrected chi connectivity index (χ0v) is 12.9. The minimum Gasteiger partial charge on any atom is -0.346 e. The number of benzene rings is 1. The Kier molecular flexibility index (Phi) is 4.51. The average molecular weight is 324 g/mol. The Balaban J connectivity index is 1.50. The van der Waals surface area contributed by atoms with E-state index < -0.39 is 11.8 Å².